The second-order valence-corrected chi connectivity index (χ2v) is 6.86. The van der Waals surface area contributed by atoms with Crippen LogP contribution in [-0.2, 0) is 17.8 Å². The van der Waals surface area contributed by atoms with Crippen molar-refractivity contribution >= 4 is 41.3 Å². The van der Waals surface area contributed by atoms with Crippen LogP contribution in [0.2, 0.25) is 0 Å². The Bertz CT molecular complexity index is 951. The van der Waals surface area contributed by atoms with Crippen LogP contribution in [0.1, 0.15) is 18.3 Å². The van der Waals surface area contributed by atoms with Gasteiger partial charge in [0, 0.05) is 31.5 Å². The molecular formula is C21H28IN7O. The number of nitrogens with zero attached hydrogens (tertiary/aromatic N) is 5. The van der Waals surface area contributed by atoms with Crippen molar-refractivity contribution in [2.45, 2.75) is 20.0 Å². The first-order chi connectivity index (χ1) is 14.3. The van der Waals surface area contributed by atoms with E-state index in [0.717, 1.165) is 50.3 Å². The molecule has 9 heteroatoms. The summed E-state index contributed by atoms with van der Waals surface area (Å²) in [6.45, 7) is 7.50. The summed E-state index contributed by atoms with van der Waals surface area (Å²) in [6.07, 6.45) is 1.96. The van der Waals surface area contributed by atoms with E-state index in [4.69, 9.17) is 9.73 Å². The zero-order valence-electron chi connectivity index (χ0n) is 17.1. The number of fused-ring (bicyclic) bond motifs is 1. The molecule has 30 heavy (non-hydrogen) atoms. The molecule has 2 N–H and O–H groups in total. The molecule has 0 atom stereocenters. The summed E-state index contributed by atoms with van der Waals surface area (Å²) in [5, 5.41) is 15.1. The van der Waals surface area contributed by atoms with Crippen LogP contribution in [0.25, 0.3) is 5.65 Å². The molecule has 4 rings (SSSR count). The fraction of sp³-hybridized carbons (Fsp3) is 0.381. The minimum absolute atomic E-state index is 0. The quantitative estimate of drug-likeness (QED) is 0.295. The zero-order valence-corrected chi connectivity index (χ0v) is 19.5. The Morgan fingerprint density at radius 3 is 2.63 bits per heavy atom. The summed E-state index contributed by atoms with van der Waals surface area (Å²) in [6, 6.07) is 14.5. The van der Waals surface area contributed by atoms with Crippen LogP contribution >= 0.6 is 24.0 Å². The molecule has 0 saturated carbocycles. The minimum atomic E-state index is 0. The van der Waals surface area contributed by atoms with E-state index in [0.29, 0.717) is 13.1 Å². The minimum Gasteiger partial charge on any atom is -0.378 e. The lowest BCUT2D eigenvalue weighted by atomic mass is 10.2. The van der Waals surface area contributed by atoms with Crippen molar-refractivity contribution in [2.24, 2.45) is 4.99 Å². The van der Waals surface area contributed by atoms with Gasteiger partial charge in [0.05, 0.1) is 26.3 Å². The maximum atomic E-state index is 5.42. The van der Waals surface area contributed by atoms with Crippen LogP contribution < -0.4 is 15.5 Å². The summed E-state index contributed by atoms with van der Waals surface area (Å²) >= 11 is 0. The Morgan fingerprint density at radius 2 is 1.87 bits per heavy atom. The van der Waals surface area contributed by atoms with Gasteiger partial charge in [-0.25, -0.2) is 4.99 Å². The van der Waals surface area contributed by atoms with Crippen LogP contribution in [0.5, 0.6) is 0 Å². The van der Waals surface area contributed by atoms with Crippen molar-refractivity contribution in [1.82, 2.24) is 25.2 Å². The number of aliphatic imine (C=N–C) groups is 1. The molecule has 0 spiro atoms. The zero-order chi connectivity index (χ0) is 19.9. The molecule has 160 valence electrons. The van der Waals surface area contributed by atoms with Gasteiger partial charge in [-0.2, -0.15) is 0 Å². The number of anilines is 1. The van der Waals surface area contributed by atoms with Gasteiger partial charge in [-0.05, 0) is 36.8 Å². The summed E-state index contributed by atoms with van der Waals surface area (Å²) in [4.78, 5) is 7.06. The van der Waals surface area contributed by atoms with E-state index >= 15 is 0 Å². The lowest BCUT2D eigenvalue weighted by molar-refractivity contribution is 0.122. The van der Waals surface area contributed by atoms with E-state index in [9.17, 15) is 0 Å². The van der Waals surface area contributed by atoms with E-state index in [1.165, 1.54) is 11.3 Å². The number of aromatic nitrogens is 3. The molecule has 0 radical (unpaired) electrons. The third-order valence-electron chi connectivity index (χ3n) is 4.87. The van der Waals surface area contributed by atoms with E-state index in [-0.39, 0.29) is 24.0 Å². The number of hydrogen-bond donors (Lipinski definition) is 2. The third kappa shape index (κ3) is 5.60. The largest absolute Gasteiger partial charge is 0.378 e. The summed E-state index contributed by atoms with van der Waals surface area (Å²) in [7, 11) is 0. The average Bonchev–Trinajstić information content (AvgIpc) is 3.20. The van der Waals surface area contributed by atoms with Gasteiger partial charge in [-0.3, -0.25) is 4.40 Å². The Balaban J connectivity index is 0.00000256. The summed E-state index contributed by atoms with van der Waals surface area (Å²) < 4.78 is 7.40. The summed E-state index contributed by atoms with van der Waals surface area (Å²) in [5.74, 6) is 1.61. The molecule has 0 aliphatic carbocycles. The fourth-order valence-electron chi connectivity index (χ4n) is 3.32. The molecule has 0 amide bonds. The molecule has 0 unspecified atom stereocenters. The molecule has 3 heterocycles. The molecule has 1 aliphatic heterocycles. The Hall–Kier alpha value is -2.40. The van der Waals surface area contributed by atoms with Gasteiger partial charge in [0.15, 0.2) is 17.4 Å². The van der Waals surface area contributed by atoms with Crippen molar-refractivity contribution in [3.63, 3.8) is 0 Å². The highest BCUT2D eigenvalue weighted by Crippen LogP contribution is 2.17. The highest BCUT2D eigenvalue weighted by atomic mass is 127. The van der Waals surface area contributed by atoms with Crippen molar-refractivity contribution < 1.29 is 4.74 Å². The van der Waals surface area contributed by atoms with Gasteiger partial charge in [-0.1, -0.05) is 18.2 Å². The van der Waals surface area contributed by atoms with Gasteiger partial charge in [0.2, 0.25) is 0 Å². The molecule has 2 aromatic heterocycles. The second kappa shape index (κ2) is 11.1. The predicted octanol–water partition coefficient (Wildman–Crippen LogP) is 2.44. The fourth-order valence-corrected chi connectivity index (χ4v) is 3.32. The number of nitrogens with one attached hydrogen (secondary N) is 2. The number of morpholine rings is 1. The molecule has 3 aromatic rings. The van der Waals surface area contributed by atoms with Crippen molar-refractivity contribution in [2.75, 3.05) is 37.7 Å². The van der Waals surface area contributed by atoms with Gasteiger partial charge >= 0.3 is 0 Å². The van der Waals surface area contributed by atoms with Gasteiger partial charge in [0.1, 0.15) is 0 Å². The topological polar surface area (TPSA) is 79.1 Å². The standard InChI is InChI=1S/C21H27N7O.HI/c1-2-22-21(24-16-20-26-25-19-5-3-4-10-28(19)20)23-15-17-6-8-18(9-7-17)27-11-13-29-14-12-27;/h3-10H,2,11-16H2,1H3,(H2,22,23,24);1H. The molecule has 0 bridgehead atoms. The van der Waals surface area contributed by atoms with Crippen LogP contribution in [0, 0.1) is 0 Å². The number of hydrogen-bond acceptors (Lipinski definition) is 5. The van der Waals surface area contributed by atoms with Crippen LogP contribution in [0.3, 0.4) is 0 Å². The highest BCUT2D eigenvalue weighted by Gasteiger charge is 2.11. The third-order valence-corrected chi connectivity index (χ3v) is 4.87. The van der Waals surface area contributed by atoms with Crippen LogP contribution in [0.4, 0.5) is 5.69 Å². The van der Waals surface area contributed by atoms with E-state index in [2.05, 4.69) is 56.9 Å². The second-order valence-electron chi connectivity index (χ2n) is 6.86. The van der Waals surface area contributed by atoms with Crippen molar-refractivity contribution in [3.05, 3.63) is 60.0 Å². The number of ether oxygens (including phenoxy) is 1. The Morgan fingerprint density at radius 1 is 1.07 bits per heavy atom. The SMILES string of the molecule is CCNC(=NCc1ccc(N2CCOCC2)cc1)NCc1nnc2ccccn12.I. The van der Waals surface area contributed by atoms with Crippen molar-refractivity contribution in [1.29, 1.82) is 0 Å². The van der Waals surface area contributed by atoms with E-state index in [1.807, 2.05) is 28.8 Å². The van der Waals surface area contributed by atoms with Gasteiger partial charge < -0.3 is 20.3 Å². The van der Waals surface area contributed by atoms with Crippen molar-refractivity contribution in [3.8, 4) is 0 Å². The first kappa shape index (κ1) is 22.3. The van der Waals surface area contributed by atoms with Crippen LogP contribution in [0.15, 0.2) is 53.7 Å². The number of benzene rings is 1. The number of halogens is 1. The lowest BCUT2D eigenvalue weighted by Crippen LogP contribution is -2.37. The number of guanidine groups is 1. The van der Waals surface area contributed by atoms with E-state index < -0.39 is 0 Å². The first-order valence-electron chi connectivity index (χ1n) is 10.1. The molecule has 1 saturated heterocycles. The summed E-state index contributed by atoms with van der Waals surface area (Å²) in [5.41, 5.74) is 3.25. The molecule has 1 fully saturated rings. The molecule has 1 aromatic carbocycles. The molecule has 8 nitrogen and oxygen atoms in total. The van der Waals surface area contributed by atoms with Gasteiger partial charge in [-0.15, -0.1) is 34.2 Å². The van der Waals surface area contributed by atoms with Crippen LogP contribution in [-0.4, -0.2) is 53.4 Å². The number of pyridine rings is 1. The van der Waals surface area contributed by atoms with E-state index in [1.54, 1.807) is 0 Å². The maximum Gasteiger partial charge on any atom is 0.191 e. The maximum absolute atomic E-state index is 5.42. The smallest absolute Gasteiger partial charge is 0.191 e. The Labute approximate surface area is 193 Å². The first-order valence-corrected chi connectivity index (χ1v) is 10.1. The lowest BCUT2D eigenvalue weighted by Gasteiger charge is -2.28. The number of rotatable bonds is 6. The predicted molar refractivity (Wildman–Crippen MR) is 130 cm³/mol. The van der Waals surface area contributed by atoms with Gasteiger partial charge in [0.25, 0.3) is 0 Å². The molecular weight excluding hydrogens is 493 g/mol. The Kier molecular flexibility index (Phi) is 8.26. The monoisotopic (exact) mass is 521 g/mol. The molecule has 1 aliphatic rings. The normalized spacial score (nSPS) is 14.4. The average molecular weight is 521 g/mol. The highest BCUT2D eigenvalue weighted by molar-refractivity contribution is 14.0.